The van der Waals surface area contributed by atoms with E-state index < -0.39 is 0 Å². The van der Waals surface area contributed by atoms with E-state index in [1.54, 1.807) is 11.3 Å². The summed E-state index contributed by atoms with van der Waals surface area (Å²) in [6, 6.07) is 4.63. The van der Waals surface area contributed by atoms with Crippen molar-refractivity contribution in [1.29, 1.82) is 0 Å². The Morgan fingerprint density at radius 2 is 2.19 bits per heavy atom. The standard InChI is InChI=1S/C12H21ClN2S/c1-4-7-14-10(9-15(2)3)8-11-5-6-12(13)16-11/h5-6,10,14H,4,7-9H2,1-3H3. The molecular formula is C12H21ClN2S. The van der Waals surface area contributed by atoms with E-state index in [0.29, 0.717) is 6.04 Å². The van der Waals surface area contributed by atoms with E-state index in [2.05, 4.69) is 37.3 Å². The van der Waals surface area contributed by atoms with Crippen molar-refractivity contribution >= 4 is 22.9 Å². The first kappa shape index (κ1) is 14.0. The van der Waals surface area contributed by atoms with Crippen molar-refractivity contribution in [3.8, 4) is 0 Å². The van der Waals surface area contributed by atoms with Crippen LogP contribution in [-0.4, -0.2) is 38.1 Å². The van der Waals surface area contributed by atoms with Gasteiger partial charge in [-0.05, 0) is 45.6 Å². The minimum Gasteiger partial charge on any atom is -0.312 e. The maximum absolute atomic E-state index is 5.94. The van der Waals surface area contributed by atoms with Crippen LogP contribution < -0.4 is 5.32 Å². The largest absolute Gasteiger partial charge is 0.312 e. The molecule has 0 aromatic carbocycles. The average Bonchev–Trinajstić information content (AvgIpc) is 2.59. The van der Waals surface area contributed by atoms with Gasteiger partial charge in [-0.2, -0.15) is 0 Å². The number of hydrogen-bond donors (Lipinski definition) is 1. The van der Waals surface area contributed by atoms with Gasteiger partial charge in [-0.25, -0.2) is 0 Å². The molecule has 92 valence electrons. The third kappa shape index (κ3) is 5.30. The normalized spacial score (nSPS) is 13.3. The van der Waals surface area contributed by atoms with Gasteiger partial charge in [0.15, 0.2) is 0 Å². The smallest absolute Gasteiger partial charge is 0.0931 e. The van der Waals surface area contributed by atoms with Gasteiger partial charge in [-0.1, -0.05) is 18.5 Å². The highest BCUT2D eigenvalue weighted by Crippen LogP contribution is 2.22. The molecular weight excluding hydrogens is 240 g/mol. The number of nitrogens with one attached hydrogen (secondary N) is 1. The summed E-state index contributed by atoms with van der Waals surface area (Å²) < 4.78 is 0.883. The maximum atomic E-state index is 5.94. The Bertz CT molecular complexity index is 299. The first-order valence-corrected chi connectivity index (χ1v) is 6.93. The summed E-state index contributed by atoms with van der Waals surface area (Å²) >= 11 is 7.63. The molecule has 1 unspecified atom stereocenters. The summed E-state index contributed by atoms with van der Waals surface area (Å²) in [7, 11) is 4.23. The van der Waals surface area contributed by atoms with Crippen LogP contribution in [-0.2, 0) is 6.42 Å². The van der Waals surface area contributed by atoms with Gasteiger partial charge in [0.1, 0.15) is 0 Å². The number of likely N-dealkylation sites (N-methyl/N-ethyl adjacent to an activating group) is 1. The van der Waals surface area contributed by atoms with Gasteiger partial charge in [0.25, 0.3) is 0 Å². The van der Waals surface area contributed by atoms with Gasteiger partial charge in [-0.15, -0.1) is 11.3 Å². The zero-order chi connectivity index (χ0) is 12.0. The van der Waals surface area contributed by atoms with Gasteiger partial charge in [-0.3, -0.25) is 0 Å². The van der Waals surface area contributed by atoms with Crippen LogP contribution in [0.2, 0.25) is 4.34 Å². The molecule has 0 aliphatic rings. The second kappa shape index (κ2) is 7.28. The predicted molar refractivity (Wildman–Crippen MR) is 73.7 cm³/mol. The van der Waals surface area contributed by atoms with Gasteiger partial charge in [0.05, 0.1) is 4.34 Å². The molecule has 1 heterocycles. The van der Waals surface area contributed by atoms with Crippen molar-refractivity contribution in [1.82, 2.24) is 10.2 Å². The molecule has 16 heavy (non-hydrogen) atoms. The van der Waals surface area contributed by atoms with Crippen LogP contribution in [0.5, 0.6) is 0 Å². The highest BCUT2D eigenvalue weighted by Gasteiger charge is 2.11. The van der Waals surface area contributed by atoms with Crippen LogP contribution in [0.15, 0.2) is 12.1 Å². The summed E-state index contributed by atoms with van der Waals surface area (Å²) in [5, 5.41) is 3.58. The van der Waals surface area contributed by atoms with Crippen molar-refractivity contribution in [2.45, 2.75) is 25.8 Å². The summed E-state index contributed by atoms with van der Waals surface area (Å²) in [5.41, 5.74) is 0. The summed E-state index contributed by atoms with van der Waals surface area (Å²) in [5.74, 6) is 0. The fourth-order valence-electron chi connectivity index (χ4n) is 1.69. The van der Waals surface area contributed by atoms with Crippen LogP contribution in [0.25, 0.3) is 0 Å². The Morgan fingerprint density at radius 3 is 2.69 bits per heavy atom. The van der Waals surface area contributed by atoms with Crippen LogP contribution in [0, 0.1) is 0 Å². The molecule has 4 heteroatoms. The molecule has 1 aromatic heterocycles. The van der Waals surface area contributed by atoms with Gasteiger partial charge in [0, 0.05) is 17.5 Å². The number of thiophene rings is 1. The first-order chi connectivity index (χ1) is 7.61. The van der Waals surface area contributed by atoms with Crippen LogP contribution in [0.1, 0.15) is 18.2 Å². The average molecular weight is 261 g/mol. The number of rotatable bonds is 7. The van der Waals surface area contributed by atoms with Crippen molar-refractivity contribution in [2.24, 2.45) is 0 Å². The lowest BCUT2D eigenvalue weighted by atomic mass is 10.1. The molecule has 1 atom stereocenters. The van der Waals surface area contributed by atoms with E-state index in [1.165, 1.54) is 11.3 Å². The number of halogens is 1. The highest BCUT2D eigenvalue weighted by molar-refractivity contribution is 7.16. The molecule has 0 saturated carbocycles. The summed E-state index contributed by atoms with van der Waals surface area (Å²) in [6.07, 6.45) is 2.24. The maximum Gasteiger partial charge on any atom is 0.0931 e. The Hall–Kier alpha value is -0.0900. The third-order valence-electron chi connectivity index (χ3n) is 2.34. The second-order valence-corrected chi connectivity index (χ2v) is 6.12. The van der Waals surface area contributed by atoms with Crippen molar-refractivity contribution < 1.29 is 0 Å². The van der Waals surface area contributed by atoms with E-state index in [1.807, 2.05) is 6.07 Å². The SMILES string of the molecule is CCCNC(Cc1ccc(Cl)s1)CN(C)C. The molecule has 0 saturated heterocycles. The molecule has 0 amide bonds. The van der Waals surface area contributed by atoms with Gasteiger partial charge in [0.2, 0.25) is 0 Å². The van der Waals surface area contributed by atoms with E-state index in [4.69, 9.17) is 11.6 Å². The van der Waals surface area contributed by atoms with E-state index in [0.717, 1.165) is 23.8 Å². The molecule has 0 spiro atoms. The van der Waals surface area contributed by atoms with Crippen LogP contribution in [0.4, 0.5) is 0 Å². The second-order valence-electron chi connectivity index (χ2n) is 4.32. The zero-order valence-corrected chi connectivity index (χ0v) is 11.9. The fourth-order valence-corrected chi connectivity index (χ4v) is 2.86. The summed E-state index contributed by atoms with van der Waals surface area (Å²) in [6.45, 7) is 4.34. The molecule has 0 aliphatic carbocycles. The van der Waals surface area contributed by atoms with E-state index in [-0.39, 0.29) is 0 Å². The number of nitrogens with zero attached hydrogens (tertiary/aromatic N) is 1. The first-order valence-electron chi connectivity index (χ1n) is 5.74. The minimum atomic E-state index is 0.518. The van der Waals surface area contributed by atoms with E-state index in [9.17, 15) is 0 Å². The molecule has 1 rings (SSSR count). The Balaban J connectivity index is 2.48. The third-order valence-corrected chi connectivity index (χ3v) is 3.60. The topological polar surface area (TPSA) is 15.3 Å². The van der Waals surface area contributed by atoms with Crippen LogP contribution in [0.3, 0.4) is 0 Å². The molecule has 0 fully saturated rings. The quantitative estimate of drug-likeness (QED) is 0.811. The highest BCUT2D eigenvalue weighted by atomic mass is 35.5. The lowest BCUT2D eigenvalue weighted by Gasteiger charge is -2.21. The predicted octanol–water partition coefficient (Wildman–Crippen LogP) is 2.87. The molecule has 1 aromatic rings. The van der Waals surface area contributed by atoms with Gasteiger partial charge >= 0.3 is 0 Å². The van der Waals surface area contributed by atoms with Crippen molar-refractivity contribution in [3.05, 3.63) is 21.3 Å². The molecule has 0 aliphatic heterocycles. The lowest BCUT2D eigenvalue weighted by molar-refractivity contribution is 0.337. The zero-order valence-electron chi connectivity index (χ0n) is 10.3. The van der Waals surface area contributed by atoms with Crippen LogP contribution >= 0.6 is 22.9 Å². The fraction of sp³-hybridized carbons (Fsp3) is 0.667. The Kier molecular flexibility index (Phi) is 6.36. The molecule has 2 nitrogen and oxygen atoms in total. The van der Waals surface area contributed by atoms with Crippen molar-refractivity contribution in [3.63, 3.8) is 0 Å². The Labute approximate surface area is 108 Å². The van der Waals surface area contributed by atoms with Gasteiger partial charge < -0.3 is 10.2 Å². The summed E-state index contributed by atoms with van der Waals surface area (Å²) in [4.78, 5) is 3.59. The lowest BCUT2D eigenvalue weighted by Crippen LogP contribution is -2.40. The monoisotopic (exact) mass is 260 g/mol. The molecule has 1 N–H and O–H groups in total. The van der Waals surface area contributed by atoms with Crippen molar-refractivity contribution in [2.75, 3.05) is 27.2 Å². The Morgan fingerprint density at radius 1 is 1.44 bits per heavy atom. The number of hydrogen-bond acceptors (Lipinski definition) is 3. The minimum absolute atomic E-state index is 0.518. The molecule has 0 radical (unpaired) electrons. The van der Waals surface area contributed by atoms with E-state index >= 15 is 0 Å². The molecule has 0 bridgehead atoms.